The maximum absolute atomic E-state index is 13.2. The number of aryl methyl sites for hydroxylation is 1. The van der Waals surface area contributed by atoms with Gasteiger partial charge in [-0.2, -0.15) is 0 Å². The molecule has 2 rings (SSSR count). The van der Waals surface area contributed by atoms with Gasteiger partial charge in [-0.3, -0.25) is 0 Å². The number of methoxy groups -OCH3 is 1. The van der Waals surface area contributed by atoms with E-state index >= 15 is 0 Å². The third-order valence-electron chi connectivity index (χ3n) is 3.11. The summed E-state index contributed by atoms with van der Waals surface area (Å²) in [6, 6.07) is 9.40. The minimum atomic E-state index is -0.291. The van der Waals surface area contributed by atoms with Crippen LogP contribution >= 0.6 is 0 Å². The number of benzene rings is 2. The molecule has 20 heavy (non-hydrogen) atoms. The summed E-state index contributed by atoms with van der Waals surface area (Å²) in [6.45, 7) is 2.80. The quantitative estimate of drug-likeness (QED) is 0.902. The minimum absolute atomic E-state index is 0.208. The fourth-order valence-corrected chi connectivity index (χ4v) is 2.04. The van der Waals surface area contributed by atoms with E-state index in [2.05, 4.69) is 5.32 Å². The summed E-state index contributed by atoms with van der Waals surface area (Å²) in [5.74, 6) is 0.148. The van der Waals surface area contributed by atoms with Gasteiger partial charge < -0.3 is 10.1 Å². The highest BCUT2D eigenvalue weighted by atomic mass is 19.1. The van der Waals surface area contributed by atoms with E-state index in [1.165, 1.54) is 18.2 Å². The molecule has 2 aromatic carbocycles. The molecule has 0 saturated carbocycles. The Morgan fingerprint density at radius 2 is 1.85 bits per heavy atom. The lowest BCUT2D eigenvalue weighted by Gasteiger charge is -2.10. The van der Waals surface area contributed by atoms with Crippen molar-refractivity contribution in [3.63, 3.8) is 0 Å². The van der Waals surface area contributed by atoms with E-state index in [4.69, 9.17) is 4.74 Å². The van der Waals surface area contributed by atoms with Crippen molar-refractivity contribution in [2.24, 2.45) is 0 Å². The molecule has 0 aliphatic rings. The van der Waals surface area contributed by atoms with Gasteiger partial charge in [0.15, 0.2) is 0 Å². The van der Waals surface area contributed by atoms with Gasteiger partial charge in [0.1, 0.15) is 17.4 Å². The van der Waals surface area contributed by atoms with Crippen molar-refractivity contribution in [1.82, 2.24) is 5.32 Å². The molecule has 0 fully saturated rings. The summed E-state index contributed by atoms with van der Waals surface area (Å²) in [5.41, 5.74) is 2.36. The van der Waals surface area contributed by atoms with Crippen molar-refractivity contribution in [3.05, 3.63) is 64.7 Å². The molecule has 0 amide bonds. The van der Waals surface area contributed by atoms with Crippen molar-refractivity contribution < 1.29 is 13.5 Å². The zero-order valence-electron chi connectivity index (χ0n) is 11.5. The third-order valence-corrected chi connectivity index (χ3v) is 3.11. The predicted octanol–water partition coefficient (Wildman–Crippen LogP) is 3.57. The smallest absolute Gasteiger partial charge is 0.126 e. The van der Waals surface area contributed by atoms with Crippen molar-refractivity contribution in [3.8, 4) is 5.75 Å². The van der Waals surface area contributed by atoms with Crippen molar-refractivity contribution in [2.45, 2.75) is 20.0 Å². The molecule has 0 unspecified atom stereocenters. The van der Waals surface area contributed by atoms with Crippen LogP contribution in [0.25, 0.3) is 0 Å². The molecule has 0 aromatic heterocycles. The Morgan fingerprint density at radius 3 is 2.55 bits per heavy atom. The molecule has 2 aromatic rings. The van der Waals surface area contributed by atoms with Crippen molar-refractivity contribution in [2.75, 3.05) is 7.11 Å². The molecular weight excluding hydrogens is 260 g/mol. The van der Waals surface area contributed by atoms with Gasteiger partial charge in [0, 0.05) is 18.7 Å². The zero-order valence-corrected chi connectivity index (χ0v) is 11.5. The van der Waals surface area contributed by atoms with E-state index in [0.29, 0.717) is 24.4 Å². The van der Waals surface area contributed by atoms with Crippen LogP contribution in [-0.4, -0.2) is 7.11 Å². The standard InChI is InChI=1S/C16H17F2NO/c1-11-7-12(3-5-15(11)18)9-19-10-13-8-14(17)4-6-16(13)20-2/h3-8,19H,9-10H2,1-2H3. The summed E-state index contributed by atoms with van der Waals surface area (Å²) < 4.78 is 31.5. The first-order chi connectivity index (χ1) is 9.60. The SMILES string of the molecule is COc1ccc(F)cc1CNCc1ccc(F)c(C)c1. The summed E-state index contributed by atoms with van der Waals surface area (Å²) in [5, 5.41) is 3.20. The summed E-state index contributed by atoms with van der Waals surface area (Å²) in [7, 11) is 1.56. The molecule has 0 aliphatic heterocycles. The van der Waals surface area contributed by atoms with Crippen LogP contribution in [0, 0.1) is 18.6 Å². The summed E-state index contributed by atoms with van der Waals surface area (Å²) >= 11 is 0. The molecule has 4 heteroatoms. The van der Waals surface area contributed by atoms with E-state index < -0.39 is 0 Å². The number of hydrogen-bond donors (Lipinski definition) is 1. The summed E-state index contributed by atoms with van der Waals surface area (Å²) in [4.78, 5) is 0. The lowest BCUT2D eigenvalue weighted by atomic mass is 10.1. The van der Waals surface area contributed by atoms with Crippen LogP contribution in [0.5, 0.6) is 5.75 Å². The van der Waals surface area contributed by atoms with Gasteiger partial charge in [-0.1, -0.05) is 12.1 Å². The van der Waals surface area contributed by atoms with E-state index in [-0.39, 0.29) is 11.6 Å². The first kappa shape index (κ1) is 14.5. The molecule has 0 aliphatic carbocycles. The Kier molecular flexibility index (Phi) is 4.69. The highest BCUT2D eigenvalue weighted by Crippen LogP contribution is 2.19. The Bertz CT molecular complexity index is 599. The van der Waals surface area contributed by atoms with E-state index in [1.807, 2.05) is 0 Å². The van der Waals surface area contributed by atoms with Crippen LogP contribution in [-0.2, 0) is 13.1 Å². The zero-order chi connectivity index (χ0) is 14.5. The van der Waals surface area contributed by atoms with E-state index in [1.54, 1.807) is 32.2 Å². The van der Waals surface area contributed by atoms with Gasteiger partial charge in [0.25, 0.3) is 0 Å². The molecule has 0 atom stereocenters. The first-order valence-corrected chi connectivity index (χ1v) is 6.38. The fourth-order valence-electron chi connectivity index (χ4n) is 2.04. The largest absolute Gasteiger partial charge is 0.496 e. The minimum Gasteiger partial charge on any atom is -0.496 e. The average Bonchev–Trinajstić information content (AvgIpc) is 2.43. The molecule has 1 N–H and O–H groups in total. The summed E-state index contributed by atoms with van der Waals surface area (Å²) in [6.07, 6.45) is 0. The Hall–Kier alpha value is -1.94. The highest BCUT2D eigenvalue weighted by molar-refractivity contribution is 5.34. The molecule has 2 nitrogen and oxygen atoms in total. The average molecular weight is 277 g/mol. The van der Waals surface area contributed by atoms with Crippen molar-refractivity contribution in [1.29, 1.82) is 0 Å². The Labute approximate surface area is 117 Å². The van der Waals surface area contributed by atoms with E-state index in [0.717, 1.165) is 11.1 Å². The van der Waals surface area contributed by atoms with Gasteiger partial charge in [-0.05, 0) is 42.3 Å². The lowest BCUT2D eigenvalue weighted by molar-refractivity contribution is 0.406. The fraction of sp³-hybridized carbons (Fsp3) is 0.250. The first-order valence-electron chi connectivity index (χ1n) is 6.38. The third kappa shape index (κ3) is 3.54. The number of halogens is 2. The number of rotatable bonds is 5. The van der Waals surface area contributed by atoms with Gasteiger partial charge in [-0.15, -0.1) is 0 Å². The monoisotopic (exact) mass is 277 g/mol. The molecule has 0 heterocycles. The molecule has 106 valence electrons. The molecular formula is C16H17F2NO. The normalized spacial score (nSPS) is 10.6. The topological polar surface area (TPSA) is 21.3 Å². The highest BCUT2D eigenvalue weighted by Gasteiger charge is 2.05. The Morgan fingerprint density at radius 1 is 1.05 bits per heavy atom. The maximum atomic E-state index is 13.2. The predicted molar refractivity (Wildman–Crippen MR) is 74.6 cm³/mol. The van der Waals surface area contributed by atoms with Crippen LogP contribution in [0.15, 0.2) is 36.4 Å². The van der Waals surface area contributed by atoms with Gasteiger partial charge in [0.2, 0.25) is 0 Å². The second kappa shape index (κ2) is 6.48. The maximum Gasteiger partial charge on any atom is 0.126 e. The van der Waals surface area contributed by atoms with Crippen LogP contribution < -0.4 is 10.1 Å². The second-order valence-corrected chi connectivity index (χ2v) is 4.64. The number of ether oxygens (including phenoxy) is 1. The van der Waals surface area contributed by atoms with Crippen LogP contribution in [0.3, 0.4) is 0 Å². The molecule has 0 bridgehead atoms. The second-order valence-electron chi connectivity index (χ2n) is 4.64. The Balaban J connectivity index is 1.99. The van der Waals surface area contributed by atoms with Crippen LogP contribution in [0.4, 0.5) is 8.78 Å². The molecule has 0 spiro atoms. The van der Waals surface area contributed by atoms with Crippen LogP contribution in [0.2, 0.25) is 0 Å². The molecule has 0 radical (unpaired) electrons. The van der Waals surface area contributed by atoms with Crippen molar-refractivity contribution >= 4 is 0 Å². The van der Waals surface area contributed by atoms with Crippen LogP contribution in [0.1, 0.15) is 16.7 Å². The van der Waals surface area contributed by atoms with Gasteiger partial charge in [-0.25, -0.2) is 8.78 Å². The lowest BCUT2D eigenvalue weighted by Crippen LogP contribution is -2.13. The number of nitrogens with one attached hydrogen (secondary N) is 1. The van der Waals surface area contributed by atoms with E-state index in [9.17, 15) is 8.78 Å². The number of hydrogen-bond acceptors (Lipinski definition) is 2. The van der Waals surface area contributed by atoms with Gasteiger partial charge in [0.05, 0.1) is 7.11 Å². The molecule has 0 saturated heterocycles. The van der Waals surface area contributed by atoms with Gasteiger partial charge >= 0.3 is 0 Å².